The van der Waals surface area contributed by atoms with Crippen LogP contribution in [0.5, 0.6) is 0 Å². The van der Waals surface area contributed by atoms with Gasteiger partial charge in [0.25, 0.3) is 0 Å². The smallest absolute Gasteiger partial charge is 0.0524 e. The van der Waals surface area contributed by atoms with Gasteiger partial charge in [-0.15, -0.1) is 0 Å². The van der Waals surface area contributed by atoms with Crippen molar-refractivity contribution >= 4 is 5.69 Å². The average molecular weight is 219 g/mol. The summed E-state index contributed by atoms with van der Waals surface area (Å²) in [5.41, 5.74) is 2.35. The van der Waals surface area contributed by atoms with E-state index in [0.717, 1.165) is 5.69 Å². The van der Waals surface area contributed by atoms with Gasteiger partial charge in [-0.3, -0.25) is 4.98 Å². The van der Waals surface area contributed by atoms with Gasteiger partial charge in [0.15, 0.2) is 0 Å². The second-order valence-corrected chi connectivity index (χ2v) is 4.56. The zero-order chi connectivity index (χ0) is 11.4. The molecule has 16 heavy (non-hydrogen) atoms. The Morgan fingerprint density at radius 3 is 2.38 bits per heavy atom. The van der Waals surface area contributed by atoms with Crippen LogP contribution in [-0.2, 0) is 0 Å². The van der Waals surface area contributed by atoms with E-state index in [2.05, 4.69) is 34.8 Å². The van der Waals surface area contributed by atoms with Crippen molar-refractivity contribution in [2.75, 3.05) is 19.4 Å². The van der Waals surface area contributed by atoms with Gasteiger partial charge in [0.2, 0.25) is 0 Å². The third kappa shape index (κ3) is 2.53. The standard InChI is InChI=1S/C13H21N3/c1-14-11-5-3-10(4-6-11)13-8-7-12(15-2)9-16-13/h7-11,14-15H,3-6H2,1-2H3. The van der Waals surface area contributed by atoms with E-state index < -0.39 is 0 Å². The highest BCUT2D eigenvalue weighted by atomic mass is 14.9. The fourth-order valence-corrected chi connectivity index (χ4v) is 2.47. The van der Waals surface area contributed by atoms with Gasteiger partial charge in [0.1, 0.15) is 0 Å². The van der Waals surface area contributed by atoms with E-state index in [9.17, 15) is 0 Å². The lowest BCUT2D eigenvalue weighted by atomic mass is 9.84. The third-order valence-electron chi connectivity index (χ3n) is 3.63. The third-order valence-corrected chi connectivity index (χ3v) is 3.63. The van der Waals surface area contributed by atoms with Gasteiger partial charge in [-0.25, -0.2) is 0 Å². The number of anilines is 1. The Balaban J connectivity index is 1.97. The Kier molecular flexibility index (Phi) is 3.78. The first-order valence-corrected chi connectivity index (χ1v) is 6.14. The molecule has 3 heteroatoms. The van der Waals surface area contributed by atoms with E-state index >= 15 is 0 Å². The number of nitrogens with one attached hydrogen (secondary N) is 2. The molecule has 0 atom stereocenters. The molecule has 1 aromatic heterocycles. The first-order valence-electron chi connectivity index (χ1n) is 6.14. The van der Waals surface area contributed by atoms with Crippen LogP contribution in [0.3, 0.4) is 0 Å². The Morgan fingerprint density at radius 2 is 1.88 bits per heavy atom. The van der Waals surface area contributed by atoms with E-state index in [1.165, 1.54) is 31.4 Å². The molecule has 0 aromatic carbocycles. The van der Waals surface area contributed by atoms with Crippen molar-refractivity contribution in [3.05, 3.63) is 24.0 Å². The maximum Gasteiger partial charge on any atom is 0.0524 e. The molecule has 0 spiro atoms. The number of rotatable bonds is 3. The summed E-state index contributed by atoms with van der Waals surface area (Å²) >= 11 is 0. The minimum atomic E-state index is 0.663. The SMILES string of the molecule is CNc1ccc(C2CCC(NC)CC2)nc1. The van der Waals surface area contributed by atoms with Crippen molar-refractivity contribution < 1.29 is 0 Å². The van der Waals surface area contributed by atoms with Gasteiger partial charge in [-0.1, -0.05) is 0 Å². The fourth-order valence-electron chi connectivity index (χ4n) is 2.47. The minimum Gasteiger partial charge on any atom is -0.387 e. The number of hydrogen-bond donors (Lipinski definition) is 2. The van der Waals surface area contributed by atoms with Crippen molar-refractivity contribution in [1.29, 1.82) is 0 Å². The van der Waals surface area contributed by atoms with E-state index in [0.29, 0.717) is 12.0 Å². The summed E-state index contributed by atoms with van der Waals surface area (Å²) in [6.45, 7) is 0. The zero-order valence-corrected chi connectivity index (χ0v) is 10.2. The quantitative estimate of drug-likeness (QED) is 0.819. The highest BCUT2D eigenvalue weighted by molar-refractivity contribution is 5.40. The monoisotopic (exact) mass is 219 g/mol. The van der Waals surface area contributed by atoms with Crippen LogP contribution >= 0.6 is 0 Å². The molecule has 3 nitrogen and oxygen atoms in total. The molecular weight excluding hydrogens is 198 g/mol. The summed E-state index contributed by atoms with van der Waals surface area (Å²) < 4.78 is 0. The Bertz CT molecular complexity index is 312. The van der Waals surface area contributed by atoms with Crippen molar-refractivity contribution in [1.82, 2.24) is 10.3 Å². The molecule has 2 N–H and O–H groups in total. The van der Waals surface area contributed by atoms with Gasteiger partial charge in [0, 0.05) is 24.7 Å². The van der Waals surface area contributed by atoms with E-state index in [1.54, 1.807) is 0 Å². The van der Waals surface area contributed by atoms with Gasteiger partial charge in [-0.2, -0.15) is 0 Å². The van der Waals surface area contributed by atoms with Crippen LogP contribution < -0.4 is 10.6 Å². The van der Waals surface area contributed by atoms with E-state index in [4.69, 9.17) is 0 Å². The molecule has 1 saturated carbocycles. The largest absolute Gasteiger partial charge is 0.387 e. The molecule has 88 valence electrons. The molecule has 1 aliphatic rings. The maximum atomic E-state index is 4.54. The zero-order valence-electron chi connectivity index (χ0n) is 10.2. The summed E-state index contributed by atoms with van der Waals surface area (Å²) in [4.78, 5) is 4.54. The second-order valence-electron chi connectivity index (χ2n) is 4.56. The summed E-state index contributed by atoms with van der Waals surface area (Å²) in [6.07, 6.45) is 7.00. The Hall–Kier alpha value is -1.09. The van der Waals surface area contributed by atoms with Crippen LogP contribution in [0.2, 0.25) is 0 Å². The summed E-state index contributed by atoms with van der Waals surface area (Å²) in [6, 6.07) is 5.00. The predicted molar refractivity (Wildman–Crippen MR) is 67.8 cm³/mol. The van der Waals surface area contributed by atoms with E-state index in [1.807, 2.05) is 13.2 Å². The Morgan fingerprint density at radius 1 is 1.12 bits per heavy atom. The van der Waals surface area contributed by atoms with Gasteiger partial charge >= 0.3 is 0 Å². The lowest BCUT2D eigenvalue weighted by Crippen LogP contribution is -2.29. The second kappa shape index (κ2) is 5.30. The van der Waals surface area contributed by atoms with Crippen LogP contribution in [-0.4, -0.2) is 25.1 Å². The summed E-state index contributed by atoms with van der Waals surface area (Å²) in [5.74, 6) is 0.663. The summed E-state index contributed by atoms with van der Waals surface area (Å²) in [5, 5.41) is 6.46. The Labute approximate surface area is 97.7 Å². The fraction of sp³-hybridized carbons (Fsp3) is 0.615. The lowest BCUT2D eigenvalue weighted by molar-refractivity contribution is 0.355. The van der Waals surface area contributed by atoms with Crippen molar-refractivity contribution in [2.24, 2.45) is 0 Å². The van der Waals surface area contributed by atoms with Crippen LogP contribution in [0.4, 0.5) is 5.69 Å². The number of pyridine rings is 1. The molecule has 0 amide bonds. The average Bonchev–Trinajstić information content (AvgIpc) is 2.39. The van der Waals surface area contributed by atoms with E-state index in [-0.39, 0.29) is 0 Å². The molecule has 1 aromatic rings. The van der Waals surface area contributed by atoms with Crippen LogP contribution in [0.15, 0.2) is 18.3 Å². The first-order chi connectivity index (χ1) is 7.83. The predicted octanol–water partition coefficient (Wildman–Crippen LogP) is 2.37. The molecule has 0 bridgehead atoms. The van der Waals surface area contributed by atoms with Crippen molar-refractivity contribution in [2.45, 2.75) is 37.6 Å². The molecule has 0 aliphatic heterocycles. The van der Waals surface area contributed by atoms with Crippen LogP contribution in [0, 0.1) is 0 Å². The number of aromatic nitrogens is 1. The molecule has 0 saturated heterocycles. The first kappa shape index (κ1) is 11.4. The van der Waals surface area contributed by atoms with Crippen molar-refractivity contribution in [3.63, 3.8) is 0 Å². The minimum absolute atomic E-state index is 0.663. The van der Waals surface area contributed by atoms with Crippen molar-refractivity contribution in [3.8, 4) is 0 Å². The number of hydrogen-bond acceptors (Lipinski definition) is 3. The van der Waals surface area contributed by atoms with Gasteiger partial charge < -0.3 is 10.6 Å². The summed E-state index contributed by atoms with van der Waals surface area (Å²) in [7, 11) is 3.99. The normalized spacial score (nSPS) is 25.4. The molecule has 1 fully saturated rings. The maximum absolute atomic E-state index is 4.54. The number of nitrogens with zero attached hydrogens (tertiary/aromatic N) is 1. The topological polar surface area (TPSA) is 37.0 Å². The molecule has 0 radical (unpaired) electrons. The molecule has 1 aliphatic carbocycles. The van der Waals surface area contributed by atoms with Gasteiger partial charge in [0.05, 0.1) is 11.9 Å². The van der Waals surface area contributed by atoms with Crippen LogP contribution in [0.25, 0.3) is 0 Å². The molecule has 0 unspecified atom stereocenters. The molecule has 1 heterocycles. The highest BCUT2D eigenvalue weighted by Gasteiger charge is 2.21. The molecule has 2 rings (SSSR count). The van der Waals surface area contributed by atoms with Crippen LogP contribution in [0.1, 0.15) is 37.3 Å². The highest BCUT2D eigenvalue weighted by Crippen LogP contribution is 2.31. The molecular formula is C13H21N3. The van der Waals surface area contributed by atoms with Gasteiger partial charge in [-0.05, 0) is 44.9 Å². The lowest BCUT2D eigenvalue weighted by Gasteiger charge is -2.27.